The second-order valence-electron chi connectivity index (χ2n) is 9.36. The standard InChI is InChI=1S/C32H17NS2/c1-2-8-19-18(7-1)17-33-31(19)25-15-24-20-9-3-5-11-26(20)35-29(24)16-23(25)21-13-14-28-30(32(21)33)22-10-4-6-12-27(22)34-28/h1-17H. The van der Waals surface area contributed by atoms with Crippen molar-refractivity contribution in [2.45, 2.75) is 0 Å². The largest absolute Gasteiger partial charge is 0.314 e. The normalized spacial score (nSPS) is 12.6. The van der Waals surface area contributed by atoms with Crippen LogP contribution in [-0.2, 0) is 0 Å². The average molecular weight is 480 g/mol. The van der Waals surface area contributed by atoms with Crippen LogP contribution in [0.25, 0.3) is 78.3 Å². The maximum atomic E-state index is 2.48. The molecule has 0 N–H and O–H groups in total. The zero-order chi connectivity index (χ0) is 22.7. The molecule has 0 atom stereocenters. The summed E-state index contributed by atoms with van der Waals surface area (Å²) in [5.74, 6) is 0. The molecule has 4 heterocycles. The summed E-state index contributed by atoms with van der Waals surface area (Å²) in [6.45, 7) is 0. The summed E-state index contributed by atoms with van der Waals surface area (Å²) < 4.78 is 7.88. The van der Waals surface area contributed by atoms with Gasteiger partial charge in [0.25, 0.3) is 0 Å². The third-order valence-electron chi connectivity index (χ3n) is 7.54. The third-order valence-corrected chi connectivity index (χ3v) is 9.81. The van der Waals surface area contributed by atoms with E-state index in [1.54, 1.807) is 0 Å². The first-order chi connectivity index (χ1) is 17.3. The van der Waals surface area contributed by atoms with Crippen molar-refractivity contribution in [3.8, 4) is 0 Å². The summed E-state index contributed by atoms with van der Waals surface area (Å²) in [5.41, 5.74) is 2.63. The number of pyridine rings is 1. The van der Waals surface area contributed by atoms with Gasteiger partial charge in [0.05, 0.1) is 11.0 Å². The summed E-state index contributed by atoms with van der Waals surface area (Å²) in [7, 11) is 0. The van der Waals surface area contributed by atoms with E-state index in [4.69, 9.17) is 0 Å². The van der Waals surface area contributed by atoms with E-state index in [1.807, 2.05) is 22.7 Å². The number of hydrogen-bond acceptors (Lipinski definition) is 2. The van der Waals surface area contributed by atoms with Gasteiger partial charge in [-0.2, -0.15) is 0 Å². The van der Waals surface area contributed by atoms with Gasteiger partial charge in [0.15, 0.2) is 0 Å². The second kappa shape index (κ2) is 6.39. The highest BCUT2D eigenvalue weighted by molar-refractivity contribution is 7.26. The van der Waals surface area contributed by atoms with E-state index < -0.39 is 0 Å². The molecule has 0 fully saturated rings. The molecule has 9 aromatic rings. The van der Waals surface area contributed by atoms with Crippen LogP contribution in [0.1, 0.15) is 0 Å². The van der Waals surface area contributed by atoms with Gasteiger partial charge < -0.3 is 4.40 Å². The van der Waals surface area contributed by atoms with Crippen molar-refractivity contribution in [2.75, 3.05) is 0 Å². The van der Waals surface area contributed by atoms with Crippen molar-refractivity contribution in [1.29, 1.82) is 0 Å². The molecule has 0 aliphatic rings. The van der Waals surface area contributed by atoms with E-state index in [0.717, 1.165) is 0 Å². The van der Waals surface area contributed by atoms with Crippen molar-refractivity contribution in [3.05, 3.63) is 103 Å². The van der Waals surface area contributed by atoms with Crippen molar-refractivity contribution >= 4 is 101 Å². The van der Waals surface area contributed by atoms with E-state index in [-0.39, 0.29) is 0 Å². The first-order valence-electron chi connectivity index (χ1n) is 11.9. The summed E-state index contributed by atoms with van der Waals surface area (Å²) in [5, 5.41) is 12.0. The minimum Gasteiger partial charge on any atom is -0.314 e. The zero-order valence-electron chi connectivity index (χ0n) is 18.6. The van der Waals surface area contributed by atoms with Crippen LogP contribution >= 0.6 is 22.7 Å². The fraction of sp³-hybridized carbons (Fsp3) is 0. The van der Waals surface area contributed by atoms with Crippen molar-refractivity contribution < 1.29 is 0 Å². The van der Waals surface area contributed by atoms with Crippen molar-refractivity contribution in [1.82, 2.24) is 4.40 Å². The summed E-state index contributed by atoms with van der Waals surface area (Å²) in [6, 6.07) is 36.0. The molecule has 0 unspecified atom stereocenters. The fourth-order valence-corrected chi connectivity index (χ4v) is 8.30. The van der Waals surface area contributed by atoms with Crippen LogP contribution in [0.4, 0.5) is 0 Å². The second-order valence-corrected chi connectivity index (χ2v) is 11.5. The van der Waals surface area contributed by atoms with E-state index in [9.17, 15) is 0 Å². The molecule has 5 aromatic carbocycles. The Morgan fingerprint density at radius 2 is 1.14 bits per heavy atom. The zero-order valence-corrected chi connectivity index (χ0v) is 20.2. The number of thiophene rings is 2. The van der Waals surface area contributed by atoms with Crippen LogP contribution in [0.5, 0.6) is 0 Å². The quantitative estimate of drug-likeness (QED) is 0.191. The van der Waals surface area contributed by atoms with E-state index in [1.165, 1.54) is 78.3 Å². The van der Waals surface area contributed by atoms with E-state index in [0.29, 0.717) is 0 Å². The molecular formula is C32H17NS2. The lowest BCUT2D eigenvalue weighted by Gasteiger charge is -2.12. The lowest BCUT2D eigenvalue weighted by atomic mass is 9.99. The fourth-order valence-electron chi connectivity index (χ4n) is 6.07. The van der Waals surface area contributed by atoms with Crippen LogP contribution in [0.2, 0.25) is 0 Å². The summed E-state index contributed by atoms with van der Waals surface area (Å²) in [6.07, 6.45) is 2.34. The Hall–Kier alpha value is -3.92. The molecule has 162 valence electrons. The summed E-state index contributed by atoms with van der Waals surface area (Å²) in [4.78, 5) is 0. The van der Waals surface area contributed by atoms with Gasteiger partial charge in [-0.25, -0.2) is 0 Å². The Balaban J connectivity index is 1.65. The van der Waals surface area contributed by atoms with Crippen molar-refractivity contribution in [2.24, 2.45) is 0 Å². The molecule has 0 bridgehead atoms. The first kappa shape index (κ1) is 18.4. The first-order valence-corrected chi connectivity index (χ1v) is 13.5. The van der Waals surface area contributed by atoms with Gasteiger partial charge in [-0.05, 0) is 35.7 Å². The Bertz CT molecular complexity index is 2330. The molecular weight excluding hydrogens is 462 g/mol. The number of hydrogen-bond donors (Lipinski definition) is 0. The number of aromatic nitrogens is 1. The molecule has 0 amide bonds. The molecule has 0 saturated carbocycles. The summed E-state index contributed by atoms with van der Waals surface area (Å²) >= 11 is 3.79. The minimum atomic E-state index is 1.29. The number of fused-ring (bicyclic) bond motifs is 15. The van der Waals surface area contributed by atoms with Gasteiger partial charge in [0.2, 0.25) is 0 Å². The highest BCUT2D eigenvalue weighted by Gasteiger charge is 2.18. The van der Waals surface area contributed by atoms with Crippen LogP contribution in [-0.4, -0.2) is 4.40 Å². The van der Waals surface area contributed by atoms with E-state index >= 15 is 0 Å². The molecule has 3 heteroatoms. The van der Waals surface area contributed by atoms with Crippen LogP contribution in [0.3, 0.4) is 0 Å². The van der Waals surface area contributed by atoms with Gasteiger partial charge >= 0.3 is 0 Å². The van der Waals surface area contributed by atoms with Gasteiger partial charge in [0.1, 0.15) is 0 Å². The molecule has 0 spiro atoms. The Morgan fingerprint density at radius 1 is 0.429 bits per heavy atom. The maximum Gasteiger partial charge on any atom is 0.0628 e. The third kappa shape index (κ3) is 2.28. The Morgan fingerprint density at radius 3 is 2.03 bits per heavy atom. The van der Waals surface area contributed by atoms with Gasteiger partial charge in [0, 0.05) is 68.1 Å². The molecule has 0 saturated heterocycles. The molecule has 35 heavy (non-hydrogen) atoms. The topological polar surface area (TPSA) is 4.41 Å². The number of rotatable bonds is 0. The van der Waals surface area contributed by atoms with Crippen LogP contribution in [0.15, 0.2) is 103 Å². The maximum absolute atomic E-state index is 2.48. The molecule has 0 aliphatic carbocycles. The SMILES string of the molecule is c1ccc2c(c1)cn1c2c2cc3c(cc2c2ccc4sc5ccccc5c4c21)sc1ccccc13. The minimum absolute atomic E-state index is 1.29. The smallest absolute Gasteiger partial charge is 0.0628 e. The Kier molecular flexibility index (Phi) is 3.36. The molecule has 9 rings (SSSR count). The number of nitrogens with zero attached hydrogens (tertiary/aromatic N) is 1. The lowest BCUT2D eigenvalue weighted by molar-refractivity contribution is 1.31. The lowest BCUT2D eigenvalue weighted by Crippen LogP contribution is -1.90. The van der Waals surface area contributed by atoms with Gasteiger partial charge in [-0.15, -0.1) is 22.7 Å². The average Bonchev–Trinajstić information content (AvgIpc) is 3.58. The Labute approximate surface area is 208 Å². The predicted molar refractivity (Wildman–Crippen MR) is 156 cm³/mol. The highest BCUT2D eigenvalue weighted by atomic mass is 32.1. The number of benzene rings is 5. The molecule has 0 aliphatic heterocycles. The van der Waals surface area contributed by atoms with Crippen LogP contribution < -0.4 is 0 Å². The van der Waals surface area contributed by atoms with E-state index in [2.05, 4.69) is 108 Å². The molecule has 0 radical (unpaired) electrons. The molecule has 1 nitrogen and oxygen atoms in total. The van der Waals surface area contributed by atoms with Gasteiger partial charge in [-0.3, -0.25) is 0 Å². The van der Waals surface area contributed by atoms with Crippen molar-refractivity contribution in [3.63, 3.8) is 0 Å². The van der Waals surface area contributed by atoms with Gasteiger partial charge in [-0.1, -0.05) is 66.7 Å². The predicted octanol–water partition coefficient (Wildman–Crippen LogP) is 10.1. The monoisotopic (exact) mass is 479 g/mol. The molecule has 4 aromatic heterocycles. The van der Waals surface area contributed by atoms with Crippen LogP contribution in [0, 0.1) is 0 Å². The highest BCUT2D eigenvalue weighted by Crippen LogP contribution is 2.45.